The molecule has 2 fully saturated rings. The van der Waals surface area contributed by atoms with Gasteiger partial charge >= 0.3 is 0 Å². The maximum Gasteiger partial charge on any atom is 0.286 e. The Kier molecular flexibility index (Phi) is 4.31. The lowest BCUT2D eigenvalue weighted by molar-refractivity contribution is -0.119. The minimum absolute atomic E-state index is 0.0626. The molecule has 0 aliphatic heterocycles. The van der Waals surface area contributed by atoms with Gasteiger partial charge in [0.2, 0.25) is 11.7 Å². The average molecular weight is 343 g/mol. The number of rotatable bonds is 5. The van der Waals surface area contributed by atoms with Crippen molar-refractivity contribution in [2.45, 2.75) is 43.9 Å². The van der Waals surface area contributed by atoms with Crippen LogP contribution in [0.1, 0.15) is 31.2 Å². The standard InChI is InChI=1S/C18H21N3O2S/c1-11-2-5-13(6-3-11)17-20-18(23-21-17)24-10-16(22)19-15-9-12-4-7-14(15)8-12/h2-3,5-6,12,14-15H,4,7-10H2,1H3,(H,19,22)/t12-,14-,15-/m1/s1. The van der Waals surface area contributed by atoms with Crippen LogP contribution in [0.15, 0.2) is 34.0 Å². The van der Waals surface area contributed by atoms with Gasteiger partial charge in [-0.25, -0.2) is 0 Å². The smallest absolute Gasteiger partial charge is 0.286 e. The van der Waals surface area contributed by atoms with Gasteiger partial charge in [-0.2, -0.15) is 4.98 Å². The van der Waals surface area contributed by atoms with Crippen LogP contribution in [0.5, 0.6) is 0 Å². The molecule has 4 rings (SSSR count). The predicted octanol–water partition coefficient (Wildman–Crippen LogP) is 3.44. The first-order chi connectivity index (χ1) is 11.7. The van der Waals surface area contributed by atoms with Crippen molar-refractivity contribution in [3.63, 3.8) is 0 Å². The molecular weight excluding hydrogens is 322 g/mol. The van der Waals surface area contributed by atoms with Crippen molar-refractivity contribution in [3.05, 3.63) is 29.8 Å². The van der Waals surface area contributed by atoms with Gasteiger partial charge in [0.25, 0.3) is 5.22 Å². The van der Waals surface area contributed by atoms with Gasteiger partial charge in [0.05, 0.1) is 5.75 Å². The molecule has 0 unspecified atom stereocenters. The van der Waals surface area contributed by atoms with E-state index in [1.807, 2.05) is 31.2 Å². The molecule has 2 aliphatic carbocycles. The Bertz CT molecular complexity index is 728. The van der Waals surface area contributed by atoms with Crippen molar-refractivity contribution in [1.29, 1.82) is 0 Å². The fraction of sp³-hybridized carbons (Fsp3) is 0.500. The van der Waals surface area contributed by atoms with Crippen LogP contribution in [0.3, 0.4) is 0 Å². The number of aromatic nitrogens is 2. The van der Waals surface area contributed by atoms with Gasteiger partial charge < -0.3 is 9.84 Å². The molecule has 1 N–H and O–H groups in total. The topological polar surface area (TPSA) is 68.0 Å². The Labute approximate surface area is 145 Å². The third-order valence-electron chi connectivity index (χ3n) is 5.13. The maximum atomic E-state index is 12.1. The number of fused-ring (bicyclic) bond motifs is 2. The maximum absolute atomic E-state index is 12.1. The second kappa shape index (κ2) is 6.59. The number of benzene rings is 1. The third-order valence-corrected chi connectivity index (χ3v) is 5.95. The normalized spacial score (nSPS) is 25.1. The molecule has 2 saturated carbocycles. The Morgan fingerprint density at radius 3 is 2.83 bits per heavy atom. The number of aryl methyl sites for hydroxylation is 1. The van der Waals surface area contributed by atoms with Gasteiger partial charge in [0, 0.05) is 11.6 Å². The van der Waals surface area contributed by atoms with Gasteiger partial charge in [0.1, 0.15) is 0 Å². The van der Waals surface area contributed by atoms with Crippen LogP contribution in [-0.2, 0) is 4.79 Å². The minimum atomic E-state index is 0.0626. The van der Waals surface area contributed by atoms with Crippen LogP contribution in [0, 0.1) is 18.8 Å². The van der Waals surface area contributed by atoms with Crippen LogP contribution >= 0.6 is 11.8 Å². The van der Waals surface area contributed by atoms with Crippen molar-refractivity contribution in [2.75, 3.05) is 5.75 Å². The number of nitrogens with one attached hydrogen (secondary N) is 1. The molecular formula is C18H21N3O2S. The summed E-state index contributed by atoms with van der Waals surface area (Å²) in [4.78, 5) is 16.5. The van der Waals surface area contributed by atoms with Crippen LogP contribution < -0.4 is 5.32 Å². The fourth-order valence-corrected chi connectivity index (χ4v) is 4.46. The summed E-state index contributed by atoms with van der Waals surface area (Å²) in [6.07, 6.45) is 5.06. The van der Waals surface area contributed by atoms with Gasteiger partial charge in [-0.15, -0.1) is 0 Å². The van der Waals surface area contributed by atoms with Crippen LogP contribution in [0.2, 0.25) is 0 Å². The van der Waals surface area contributed by atoms with E-state index < -0.39 is 0 Å². The quantitative estimate of drug-likeness (QED) is 0.842. The summed E-state index contributed by atoms with van der Waals surface area (Å²) < 4.78 is 5.24. The van der Waals surface area contributed by atoms with E-state index in [1.165, 1.54) is 36.6 Å². The van der Waals surface area contributed by atoms with Gasteiger partial charge in [-0.05, 0) is 38.0 Å². The highest BCUT2D eigenvalue weighted by atomic mass is 32.2. The lowest BCUT2D eigenvalue weighted by Gasteiger charge is -2.22. The molecule has 1 aromatic heterocycles. The monoisotopic (exact) mass is 343 g/mol. The number of nitrogens with zero attached hydrogens (tertiary/aromatic N) is 2. The molecule has 24 heavy (non-hydrogen) atoms. The Morgan fingerprint density at radius 2 is 2.12 bits per heavy atom. The molecule has 2 aromatic rings. The summed E-state index contributed by atoms with van der Waals surface area (Å²) >= 11 is 1.30. The van der Waals surface area contributed by atoms with E-state index in [2.05, 4.69) is 15.5 Å². The molecule has 6 heteroatoms. The Morgan fingerprint density at radius 1 is 1.29 bits per heavy atom. The summed E-state index contributed by atoms with van der Waals surface area (Å²) in [6.45, 7) is 2.04. The zero-order chi connectivity index (χ0) is 16.5. The fourth-order valence-electron chi connectivity index (χ4n) is 3.89. The number of carbonyl (C=O) groups is 1. The highest BCUT2D eigenvalue weighted by molar-refractivity contribution is 7.99. The minimum Gasteiger partial charge on any atom is -0.352 e. The van der Waals surface area contributed by atoms with E-state index >= 15 is 0 Å². The first kappa shape index (κ1) is 15.7. The van der Waals surface area contributed by atoms with E-state index in [-0.39, 0.29) is 5.91 Å². The zero-order valence-corrected chi connectivity index (χ0v) is 14.5. The molecule has 1 amide bonds. The zero-order valence-electron chi connectivity index (χ0n) is 13.7. The SMILES string of the molecule is Cc1ccc(-c2noc(SCC(=O)N[C@@H]3C[C@@H]4CC[C@@H]3C4)n2)cc1. The first-order valence-corrected chi connectivity index (χ1v) is 9.49. The van der Waals surface area contributed by atoms with Crippen molar-refractivity contribution in [2.24, 2.45) is 11.8 Å². The van der Waals surface area contributed by atoms with E-state index in [4.69, 9.17) is 4.52 Å². The molecule has 2 bridgehead atoms. The number of thioether (sulfide) groups is 1. The summed E-state index contributed by atoms with van der Waals surface area (Å²) in [5, 5.41) is 7.60. The third kappa shape index (κ3) is 3.34. The number of amides is 1. The van der Waals surface area contributed by atoms with E-state index in [1.54, 1.807) is 0 Å². The summed E-state index contributed by atoms with van der Waals surface area (Å²) in [5.41, 5.74) is 2.11. The Balaban J connectivity index is 1.30. The van der Waals surface area contributed by atoms with Crippen LogP contribution in [0.25, 0.3) is 11.4 Å². The predicted molar refractivity (Wildman–Crippen MR) is 92.6 cm³/mol. The molecule has 0 saturated heterocycles. The highest BCUT2D eigenvalue weighted by Gasteiger charge is 2.40. The molecule has 0 radical (unpaired) electrons. The number of carbonyl (C=O) groups excluding carboxylic acids is 1. The number of hydrogen-bond acceptors (Lipinski definition) is 5. The van der Waals surface area contributed by atoms with Gasteiger partial charge in [0.15, 0.2) is 0 Å². The molecule has 3 atom stereocenters. The van der Waals surface area contributed by atoms with Crippen molar-refractivity contribution < 1.29 is 9.32 Å². The van der Waals surface area contributed by atoms with Crippen molar-refractivity contribution >= 4 is 17.7 Å². The van der Waals surface area contributed by atoms with Gasteiger partial charge in [-0.1, -0.05) is 53.2 Å². The van der Waals surface area contributed by atoms with E-state index in [0.29, 0.717) is 28.8 Å². The van der Waals surface area contributed by atoms with Gasteiger partial charge in [-0.3, -0.25) is 4.79 Å². The molecule has 1 aromatic carbocycles. The molecule has 126 valence electrons. The molecule has 2 aliphatic rings. The Hall–Kier alpha value is -1.82. The lowest BCUT2D eigenvalue weighted by Crippen LogP contribution is -2.39. The van der Waals surface area contributed by atoms with E-state index in [9.17, 15) is 4.79 Å². The summed E-state index contributed by atoms with van der Waals surface area (Å²) in [5.74, 6) is 2.48. The first-order valence-electron chi connectivity index (χ1n) is 8.50. The lowest BCUT2D eigenvalue weighted by atomic mass is 9.95. The number of hydrogen-bond donors (Lipinski definition) is 1. The molecule has 1 heterocycles. The molecule has 5 nitrogen and oxygen atoms in total. The van der Waals surface area contributed by atoms with Crippen LogP contribution in [-0.4, -0.2) is 27.8 Å². The second-order valence-electron chi connectivity index (χ2n) is 6.89. The molecule has 0 spiro atoms. The van der Waals surface area contributed by atoms with E-state index in [0.717, 1.165) is 17.9 Å². The van der Waals surface area contributed by atoms with Crippen LogP contribution in [0.4, 0.5) is 0 Å². The van der Waals surface area contributed by atoms with Crippen molar-refractivity contribution in [1.82, 2.24) is 15.5 Å². The average Bonchev–Trinajstić information content (AvgIpc) is 3.30. The second-order valence-corrected chi connectivity index (χ2v) is 7.81. The largest absolute Gasteiger partial charge is 0.352 e. The summed E-state index contributed by atoms with van der Waals surface area (Å²) in [7, 11) is 0. The van der Waals surface area contributed by atoms with Crippen molar-refractivity contribution in [3.8, 4) is 11.4 Å². The highest BCUT2D eigenvalue weighted by Crippen LogP contribution is 2.44. The summed E-state index contributed by atoms with van der Waals surface area (Å²) in [6, 6.07) is 8.35.